The molecular formula is C21H24N2O3S. The Kier molecular flexibility index (Phi) is 5.02. The molecular weight excluding hydrogens is 360 g/mol. The van der Waals surface area contributed by atoms with E-state index in [0.717, 1.165) is 31.2 Å². The summed E-state index contributed by atoms with van der Waals surface area (Å²) in [5.41, 5.74) is 3.50. The molecule has 2 aliphatic rings. The van der Waals surface area contributed by atoms with Crippen molar-refractivity contribution < 1.29 is 13.2 Å². The van der Waals surface area contributed by atoms with Crippen molar-refractivity contribution >= 4 is 15.9 Å². The fourth-order valence-electron chi connectivity index (χ4n) is 3.56. The van der Waals surface area contributed by atoms with Crippen LogP contribution in [-0.2, 0) is 27.7 Å². The van der Waals surface area contributed by atoms with Crippen molar-refractivity contribution in [1.29, 1.82) is 0 Å². The van der Waals surface area contributed by atoms with E-state index in [1.165, 1.54) is 11.1 Å². The van der Waals surface area contributed by atoms with Gasteiger partial charge in [-0.2, -0.15) is 0 Å². The third-order valence-corrected chi connectivity index (χ3v) is 6.78. The molecule has 1 saturated carbocycles. The molecule has 1 fully saturated rings. The van der Waals surface area contributed by atoms with Gasteiger partial charge in [0.25, 0.3) is 0 Å². The van der Waals surface area contributed by atoms with Crippen LogP contribution in [0.15, 0.2) is 53.4 Å². The highest BCUT2D eigenvalue weighted by atomic mass is 32.2. The average Bonchev–Trinajstić information content (AvgIpc) is 3.38. The zero-order valence-electron chi connectivity index (χ0n) is 15.1. The number of benzene rings is 2. The summed E-state index contributed by atoms with van der Waals surface area (Å²) in [6, 6.07) is 15.3. The Morgan fingerprint density at radius 3 is 2.48 bits per heavy atom. The lowest BCUT2D eigenvalue weighted by atomic mass is 10.1. The smallest absolute Gasteiger partial charge is 0.240 e. The summed E-state index contributed by atoms with van der Waals surface area (Å²) < 4.78 is 27.0. The molecule has 27 heavy (non-hydrogen) atoms. The second kappa shape index (κ2) is 7.44. The Morgan fingerprint density at radius 1 is 1.00 bits per heavy atom. The number of hydrogen-bond donors (Lipinski definition) is 2. The molecule has 0 aromatic heterocycles. The summed E-state index contributed by atoms with van der Waals surface area (Å²) in [7, 11) is -3.42. The maximum atomic E-state index is 12.3. The zero-order valence-corrected chi connectivity index (χ0v) is 16.0. The molecule has 2 aromatic carbocycles. The van der Waals surface area contributed by atoms with Crippen molar-refractivity contribution in [3.05, 3.63) is 65.2 Å². The molecule has 142 valence electrons. The molecule has 1 atom stereocenters. The zero-order chi connectivity index (χ0) is 18.9. The number of fused-ring (bicyclic) bond motifs is 1. The molecule has 4 rings (SSSR count). The molecule has 6 heteroatoms. The van der Waals surface area contributed by atoms with E-state index in [4.69, 9.17) is 0 Å². The van der Waals surface area contributed by atoms with Gasteiger partial charge in [-0.1, -0.05) is 36.4 Å². The summed E-state index contributed by atoms with van der Waals surface area (Å²) in [5.74, 6) is 0.0313. The molecule has 2 aliphatic carbocycles. The van der Waals surface area contributed by atoms with Crippen molar-refractivity contribution in [3.8, 4) is 0 Å². The molecule has 0 bridgehead atoms. The minimum absolute atomic E-state index is 0.0313. The predicted molar refractivity (Wildman–Crippen MR) is 104 cm³/mol. The second-order valence-corrected chi connectivity index (χ2v) is 9.11. The van der Waals surface area contributed by atoms with Crippen LogP contribution in [0, 0.1) is 0 Å². The molecule has 2 aromatic rings. The fourth-order valence-corrected chi connectivity index (χ4v) is 4.86. The topological polar surface area (TPSA) is 75.3 Å². The molecule has 0 spiro atoms. The Morgan fingerprint density at radius 2 is 1.74 bits per heavy atom. The van der Waals surface area contributed by atoms with E-state index in [-0.39, 0.29) is 22.9 Å². The maximum Gasteiger partial charge on any atom is 0.240 e. The lowest BCUT2D eigenvalue weighted by molar-refractivity contribution is -0.121. The quantitative estimate of drug-likeness (QED) is 0.771. The van der Waals surface area contributed by atoms with Crippen LogP contribution < -0.4 is 10.0 Å². The second-order valence-electron chi connectivity index (χ2n) is 7.40. The number of carbonyl (C=O) groups excluding carboxylic acids is 1. The molecule has 0 saturated heterocycles. The number of sulfonamides is 1. The van der Waals surface area contributed by atoms with Gasteiger partial charge in [-0.05, 0) is 60.9 Å². The first-order valence-corrected chi connectivity index (χ1v) is 11.0. The van der Waals surface area contributed by atoms with Crippen molar-refractivity contribution in [3.63, 3.8) is 0 Å². The Hall–Kier alpha value is -2.18. The Bertz CT molecular complexity index is 934. The van der Waals surface area contributed by atoms with E-state index in [1.807, 2.05) is 12.1 Å². The van der Waals surface area contributed by atoms with Crippen molar-refractivity contribution in [2.24, 2.45) is 0 Å². The lowest BCUT2D eigenvalue weighted by Crippen LogP contribution is -2.27. The van der Waals surface area contributed by atoms with Crippen molar-refractivity contribution in [2.75, 3.05) is 0 Å². The van der Waals surface area contributed by atoms with Crippen LogP contribution in [0.25, 0.3) is 0 Å². The van der Waals surface area contributed by atoms with Gasteiger partial charge in [0.15, 0.2) is 0 Å². The highest BCUT2D eigenvalue weighted by Crippen LogP contribution is 2.30. The number of carbonyl (C=O) groups is 1. The first-order valence-electron chi connectivity index (χ1n) is 9.50. The van der Waals surface area contributed by atoms with Crippen LogP contribution in [0.5, 0.6) is 0 Å². The van der Waals surface area contributed by atoms with E-state index in [2.05, 4.69) is 22.2 Å². The van der Waals surface area contributed by atoms with E-state index in [9.17, 15) is 13.2 Å². The van der Waals surface area contributed by atoms with Crippen LogP contribution in [-0.4, -0.2) is 20.4 Å². The van der Waals surface area contributed by atoms with Gasteiger partial charge in [0.1, 0.15) is 0 Å². The van der Waals surface area contributed by atoms with Crippen LogP contribution in [0.4, 0.5) is 0 Å². The van der Waals surface area contributed by atoms with Crippen molar-refractivity contribution in [1.82, 2.24) is 10.0 Å². The molecule has 1 unspecified atom stereocenters. The molecule has 0 heterocycles. The van der Waals surface area contributed by atoms with Gasteiger partial charge < -0.3 is 5.32 Å². The number of aryl methyl sites for hydroxylation is 2. The highest BCUT2D eigenvalue weighted by molar-refractivity contribution is 7.89. The van der Waals surface area contributed by atoms with E-state index in [0.29, 0.717) is 12.8 Å². The van der Waals surface area contributed by atoms with Crippen LogP contribution >= 0.6 is 0 Å². The molecule has 0 radical (unpaired) electrons. The summed E-state index contributed by atoms with van der Waals surface area (Å²) in [6.45, 7) is 0. The largest absolute Gasteiger partial charge is 0.349 e. The number of rotatable bonds is 7. The Labute approximate surface area is 160 Å². The summed E-state index contributed by atoms with van der Waals surface area (Å²) in [6.07, 6.45) is 4.77. The van der Waals surface area contributed by atoms with E-state index >= 15 is 0 Å². The van der Waals surface area contributed by atoms with Crippen LogP contribution in [0.1, 0.15) is 48.4 Å². The van der Waals surface area contributed by atoms with Gasteiger partial charge in [-0.15, -0.1) is 0 Å². The normalized spacial score (nSPS) is 18.9. The van der Waals surface area contributed by atoms with Crippen molar-refractivity contribution in [2.45, 2.75) is 55.5 Å². The molecule has 2 N–H and O–H groups in total. The first kappa shape index (κ1) is 18.2. The number of amides is 1. The van der Waals surface area contributed by atoms with Gasteiger partial charge in [-0.25, -0.2) is 13.1 Å². The maximum absolute atomic E-state index is 12.3. The van der Waals surface area contributed by atoms with Gasteiger partial charge >= 0.3 is 0 Å². The minimum Gasteiger partial charge on any atom is -0.349 e. The number of nitrogens with one attached hydrogen (secondary N) is 2. The third-order valence-electron chi connectivity index (χ3n) is 5.24. The summed E-state index contributed by atoms with van der Waals surface area (Å²) >= 11 is 0. The Balaban J connectivity index is 1.30. The average molecular weight is 385 g/mol. The van der Waals surface area contributed by atoms with E-state index < -0.39 is 10.0 Å². The SMILES string of the molecule is O=C(CCc1ccc(S(=O)(=O)NC2CC2)cc1)NC1CCc2ccccc21. The lowest BCUT2D eigenvalue weighted by Gasteiger charge is -2.14. The van der Waals surface area contributed by atoms with Gasteiger partial charge in [0.2, 0.25) is 15.9 Å². The predicted octanol–water partition coefficient (Wildman–Crippen LogP) is 2.86. The van der Waals surface area contributed by atoms with Gasteiger partial charge in [-0.3, -0.25) is 4.79 Å². The standard InChI is InChI=1S/C21H24N2O3S/c24-21(22-20-13-8-16-3-1-2-4-19(16)20)14-7-15-5-11-18(12-6-15)27(25,26)23-17-9-10-17/h1-6,11-12,17,20,23H,7-10,13-14H2,(H,22,24). The monoisotopic (exact) mass is 384 g/mol. The minimum atomic E-state index is -3.42. The highest BCUT2D eigenvalue weighted by Gasteiger charge is 2.28. The molecule has 1 amide bonds. The summed E-state index contributed by atoms with van der Waals surface area (Å²) in [5, 5.41) is 3.12. The van der Waals surface area contributed by atoms with Gasteiger partial charge in [0, 0.05) is 12.5 Å². The molecule has 5 nitrogen and oxygen atoms in total. The van der Waals surface area contributed by atoms with Crippen LogP contribution in [0.2, 0.25) is 0 Å². The van der Waals surface area contributed by atoms with Crippen LogP contribution in [0.3, 0.4) is 0 Å². The van der Waals surface area contributed by atoms with E-state index in [1.54, 1.807) is 24.3 Å². The molecule has 0 aliphatic heterocycles. The van der Waals surface area contributed by atoms with Gasteiger partial charge in [0.05, 0.1) is 10.9 Å². The first-order chi connectivity index (χ1) is 13.0. The number of hydrogen-bond acceptors (Lipinski definition) is 3. The fraction of sp³-hybridized carbons (Fsp3) is 0.381. The summed E-state index contributed by atoms with van der Waals surface area (Å²) in [4.78, 5) is 12.6. The third kappa shape index (κ3) is 4.39.